The lowest BCUT2D eigenvalue weighted by Crippen LogP contribution is -2.52. The van der Waals surface area contributed by atoms with Crippen molar-refractivity contribution in [1.82, 2.24) is 0 Å². The van der Waals surface area contributed by atoms with Gasteiger partial charge in [-0.25, -0.2) is 0 Å². The average molecular weight is 300 g/mol. The summed E-state index contributed by atoms with van der Waals surface area (Å²) in [5.74, 6) is 1.13. The molecule has 1 aromatic carbocycles. The maximum absolute atomic E-state index is 12.9. The molecule has 0 bridgehead atoms. The minimum absolute atomic E-state index is 0.0497. The fraction of sp³-hybridized carbons (Fsp3) is 0.650. The van der Waals surface area contributed by atoms with Crippen LogP contribution in [0.3, 0.4) is 0 Å². The van der Waals surface area contributed by atoms with E-state index in [1.165, 1.54) is 5.56 Å². The second-order valence-electron chi connectivity index (χ2n) is 8.56. The Morgan fingerprint density at radius 1 is 1.18 bits per heavy atom. The van der Waals surface area contributed by atoms with Gasteiger partial charge in [-0.05, 0) is 46.9 Å². The molecule has 0 amide bonds. The number of benzene rings is 1. The van der Waals surface area contributed by atoms with Crippen molar-refractivity contribution in [2.45, 2.75) is 71.6 Å². The number of Topliss-reactive ketones (excluding diaryl/α,β-unsaturated/α-hetero) is 1. The number of phenolic OH excluding ortho intramolecular Hbond substituents is 1. The van der Waals surface area contributed by atoms with Gasteiger partial charge in [0, 0.05) is 17.8 Å². The molecule has 0 saturated heterocycles. The molecular weight excluding hydrogens is 272 g/mol. The first-order valence-electron chi connectivity index (χ1n) is 8.56. The molecule has 1 fully saturated rings. The summed E-state index contributed by atoms with van der Waals surface area (Å²) in [4.78, 5) is 12.9. The van der Waals surface area contributed by atoms with E-state index in [9.17, 15) is 9.90 Å². The lowest BCUT2D eigenvalue weighted by Gasteiger charge is -2.53. The molecule has 1 aromatic rings. The summed E-state index contributed by atoms with van der Waals surface area (Å²) in [6.45, 7) is 10.9. The van der Waals surface area contributed by atoms with Gasteiger partial charge in [-0.3, -0.25) is 4.79 Å². The summed E-state index contributed by atoms with van der Waals surface area (Å²) in [5.41, 5.74) is 3.24. The second kappa shape index (κ2) is 4.84. The van der Waals surface area contributed by atoms with Gasteiger partial charge < -0.3 is 5.11 Å². The number of carbonyl (C=O) groups is 1. The van der Waals surface area contributed by atoms with Gasteiger partial charge in [0.15, 0.2) is 0 Å². The van der Waals surface area contributed by atoms with Gasteiger partial charge in [-0.2, -0.15) is 0 Å². The van der Waals surface area contributed by atoms with Crippen LogP contribution in [0.15, 0.2) is 12.1 Å². The molecule has 1 N–H and O–H groups in total. The molecule has 0 radical (unpaired) electrons. The van der Waals surface area contributed by atoms with Crippen molar-refractivity contribution in [3.8, 4) is 5.75 Å². The zero-order valence-electron chi connectivity index (χ0n) is 14.5. The molecule has 120 valence electrons. The zero-order chi connectivity index (χ0) is 16.3. The SMILES string of the molecule is CC(C)c1cc2c(cc1O)C1(C)CCCC(C)(C)C1C(=O)C2. The van der Waals surface area contributed by atoms with Crippen molar-refractivity contribution in [2.75, 3.05) is 0 Å². The van der Waals surface area contributed by atoms with Gasteiger partial charge >= 0.3 is 0 Å². The highest BCUT2D eigenvalue weighted by molar-refractivity contribution is 5.88. The number of aromatic hydroxyl groups is 1. The maximum Gasteiger partial charge on any atom is 0.141 e. The van der Waals surface area contributed by atoms with Gasteiger partial charge in [0.25, 0.3) is 0 Å². The Morgan fingerprint density at radius 3 is 2.50 bits per heavy atom. The van der Waals surface area contributed by atoms with Gasteiger partial charge in [-0.15, -0.1) is 0 Å². The van der Waals surface area contributed by atoms with Crippen molar-refractivity contribution in [1.29, 1.82) is 0 Å². The molecule has 3 rings (SSSR count). The molecular formula is C20H28O2. The number of fused-ring (bicyclic) bond motifs is 3. The maximum atomic E-state index is 12.9. The summed E-state index contributed by atoms with van der Waals surface area (Å²) in [7, 11) is 0. The van der Waals surface area contributed by atoms with Crippen LogP contribution in [-0.4, -0.2) is 10.9 Å². The minimum atomic E-state index is -0.126. The van der Waals surface area contributed by atoms with Gasteiger partial charge in [0.1, 0.15) is 11.5 Å². The number of carbonyl (C=O) groups excluding carboxylic acids is 1. The van der Waals surface area contributed by atoms with E-state index in [0.29, 0.717) is 18.0 Å². The Labute approximate surface area is 133 Å². The number of hydrogen-bond acceptors (Lipinski definition) is 2. The monoisotopic (exact) mass is 300 g/mol. The van der Waals surface area contributed by atoms with Crippen molar-refractivity contribution in [2.24, 2.45) is 11.3 Å². The van der Waals surface area contributed by atoms with Crippen LogP contribution in [0.25, 0.3) is 0 Å². The summed E-state index contributed by atoms with van der Waals surface area (Å²) in [6.07, 6.45) is 3.84. The molecule has 0 heterocycles. The first-order chi connectivity index (χ1) is 10.2. The first kappa shape index (κ1) is 15.6. The Balaban J connectivity index is 2.19. The molecule has 2 heteroatoms. The topological polar surface area (TPSA) is 37.3 Å². The largest absolute Gasteiger partial charge is 0.508 e. The molecule has 22 heavy (non-hydrogen) atoms. The van der Waals surface area contributed by atoms with Crippen LogP contribution < -0.4 is 0 Å². The highest BCUT2D eigenvalue weighted by Gasteiger charge is 2.53. The summed E-state index contributed by atoms with van der Waals surface area (Å²) >= 11 is 0. The van der Waals surface area contributed by atoms with E-state index in [0.717, 1.165) is 30.4 Å². The average Bonchev–Trinajstić information content (AvgIpc) is 2.37. The van der Waals surface area contributed by atoms with Crippen LogP contribution >= 0.6 is 0 Å². The predicted molar refractivity (Wildman–Crippen MR) is 89.4 cm³/mol. The van der Waals surface area contributed by atoms with Gasteiger partial charge in [0.05, 0.1) is 0 Å². The third kappa shape index (κ3) is 2.11. The number of ketones is 1. The third-order valence-corrected chi connectivity index (χ3v) is 6.11. The Bertz CT molecular complexity index is 627. The third-order valence-electron chi connectivity index (χ3n) is 6.11. The van der Waals surface area contributed by atoms with Crippen LogP contribution in [0.1, 0.15) is 76.5 Å². The van der Waals surface area contributed by atoms with E-state index in [-0.39, 0.29) is 22.7 Å². The molecule has 2 unspecified atom stereocenters. The van der Waals surface area contributed by atoms with E-state index >= 15 is 0 Å². The summed E-state index contributed by atoms with van der Waals surface area (Å²) < 4.78 is 0. The van der Waals surface area contributed by atoms with E-state index in [4.69, 9.17) is 0 Å². The number of rotatable bonds is 1. The van der Waals surface area contributed by atoms with E-state index in [1.807, 2.05) is 6.07 Å². The lowest BCUT2D eigenvalue weighted by atomic mass is 9.50. The van der Waals surface area contributed by atoms with Crippen LogP contribution in [-0.2, 0) is 16.6 Å². The van der Waals surface area contributed by atoms with Gasteiger partial charge in [-0.1, -0.05) is 47.1 Å². The summed E-state index contributed by atoms with van der Waals surface area (Å²) in [5, 5.41) is 10.5. The lowest BCUT2D eigenvalue weighted by molar-refractivity contribution is -0.132. The van der Waals surface area contributed by atoms with Crippen LogP contribution in [0.4, 0.5) is 0 Å². The van der Waals surface area contributed by atoms with Crippen molar-refractivity contribution in [3.63, 3.8) is 0 Å². The van der Waals surface area contributed by atoms with E-state index in [1.54, 1.807) is 0 Å². The Morgan fingerprint density at radius 2 is 1.86 bits per heavy atom. The predicted octanol–water partition coefficient (Wildman–Crippen LogP) is 4.72. The molecule has 2 aliphatic rings. The highest BCUT2D eigenvalue weighted by Crippen LogP contribution is 2.56. The smallest absolute Gasteiger partial charge is 0.141 e. The van der Waals surface area contributed by atoms with Crippen LogP contribution in [0, 0.1) is 11.3 Å². The molecule has 1 saturated carbocycles. The van der Waals surface area contributed by atoms with E-state index < -0.39 is 0 Å². The standard InChI is InChI=1S/C20H28O2/c1-12(2)14-9-13-10-17(22)18-19(3,4)7-6-8-20(18,5)15(13)11-16(14)21/h9,11-12,18,21H,6-8,10H2,1-5H3. The molecule has 2 atom stereocenters. The molecule has 0 aliphatic heterocycles. The highest BCUT2D eigenvalue weighted by atomic mass is 16.3. The summed E-state index contributed by atoms with van der Waals surface area (Å²) in [6, 6.07) is 4.04. The van der Waals surface area contributed by atoms with Crippen LogP contribution in [0.2, 0.25) is 0 Å². The Hall–Kier alpha value is -1.31. The number of phenols is 1. The van der Waals surface area contributed by atoms with Crippen LogP contribution in [0.5, 0.6) is 5.75 Å². The van der Waals surface area contributed by atoms with Crippen molar-refractivity contribution < 1.29 is 9.90 Å². The fourth-order valence-electron chi connectivity index (χ4n) is 5.23. The minimum Gasteiger partial charge on any atom is -0.508 e. The molecule has 2 aliphatic carbocycles. The number of hydrogen-bond donors (Lipinski definition) is 1. The fourth-order valence-corrected chi connectivity index (χ4v) is 5.23. The second-order valence-corrected chi connectivity index (χ2v) is 8.56. The molecule has 2 nitrogen and oxygen atoms in total. The first-order valence-corrected chi connectivity index (χ1v) is 8.56. The van der Waals surface area contributed by atoms with E-state index in [2.05, 4.69) is 40.7 Å². The zero-order valence-corrected chi connectivity index (χ0v) is 14.5. The van der Waals surface area contributed by atoms with Crippen molar-refractivity contribution >= 4 is 5.78 Å². The van der Waals surface area contributed by atoms with Gasteiger partial charge in [0.2, 0.25) is 0 Å². The normalized spacial score (nSPS) is 30.1. The Kier molecular flexibility index (Phi) is 3.43. The molecule has 0 aromatic heterocycles. The quantitative estimate of drug-likeness (QED) is 0.814. The van der Waals surface area contributed by atoms with Crippen molar-refractivity contribution in [3.05, 3.63) is 28.8 Å². The molecule has 0 spiro atoms.